The lowest BCUT2D eigenvalue weighted by atomic mass is 10.1. The summed E-state index contributed by atoms with van der Waals surface area (Å²) >= 11 is 0. The highest BCUT2D eigenvalue weighted by Crippen LogP contribution is 2.15. The van der Waals surface area contributed by atoms with E-state index in [0.717, 1.165) is 11.1 Å². The van der Waals surface area contributed by atoms with E-state index in [1.807, 2.05) is 6.92 Å². The smallest absolute Gasteiger partial charge is 0.140 e. The van der Waals surface area contributed by atoms with Gasteiger partial charge in [-0.05, 0) is 44.0 Å². The van der Waals surface area contributed by atoms with Crippen LogP contribution in [0.3, 0.4) is 0 Å². The molecule has 0 unspecified atom stereocenters. The predicted octanol–water partition coefficient (Wildman–Crippen LogP) is 2.48. The van der Waals surface area contributed by atoms with Crippen molar-refractivity contribution in [3.05, 3.63) is 35.1 Å². The topological polar surface area (TPSA) is 61.8 Å². The summed E-state index contributed by atoms with van der Waals surface area (Å²) in [6.07, 6.45) is 0.489. The van der Waals surface area contributed by atoms with Crippen molar-refractivity contribution in [2.24, 2.45) is 10.9 Å². The zero-order chi connectivity index (χ0) is 14.4. The maximum absolute atomic E-state index is 13.3. The van der Waals surface area contributed by atoms with Crippen LogP contribution in [0.2, 0.25) is 0 Å². The number of hydrogen-bond acceptors (Lipinski definition) is 3. The molecular formula is C14H22FN3O. The summed E-state index contributed by atoms with van der Waals surface area (Å²) in [4.78, 5) is 2.17. The van der Waals surface area contributed by atoms with Gasteiger partial charge in [0.25, 0.3) is 0 Å². The summed E-state index contributed by atoms with van der Waals surface area (Å²) in [5, 5.41) is 11.5. The van der Waals surface area contributed by atoms with Gasteiger partial charge < -0.3 is 10.9 Å². The third-order valence-corrected chi connectivity index (χ3v) is 3.20. The van der Waals surface area contributed by atoms with Gasteiger partial charge in [0.15, 0.2) is 0 Å². The second-order valence-electron chi connectivity index (χ2n) is 4.98. The van der Waals surface area contributed by atoms with Crippen molar-refractivity contribution in [3.63, 3.8) is 0 Å². The summed E-state index contributed by atoms with van der Waals surface area (Å²) in [6.45, 7) is 7.43. The third kappa shape index (κ3) is 4.87. The molecule has 4 nitrogen and oxygen atoms in total. The summed E-state index contributed by atoms with van der Waals surface area (Å²) < 4.78 is 13.3. The van der Waals surface area contributed by atoms with Gasteiger partial charge in [-0.1, -0.05) is 11.2 Å². The quantitative estimate of drug-likeness (QED) is 0.360. The van der Waals surface area contributed by atoms with E-state index >= 15 is 0 Å². The molecule has 1 rings (SSSR count). The molecule has 19 heavy (non-hydrogen) atoms. The van der Waals surface area contributed by atoms with Gasteiger partial charge in [0.2, 0.25) is 0 Å². The van der Waals surface area contributed by atoms with E-state index in [1.165, 1.54) is 6.07 Å². The lowest BCUT2D eigenvalue weighted by Crippen LogP contribution is -2.33. The second-order valence-corrected chi connectivity index (χ2v) is 4.98. The van der Waals surface area contributed by atoms with E-state index < -0.39 is 0 Å². The third-order valence-electron chi connectivity index (χ3n) is 3.20. The Morgan fingerprint density at radius 1 is 1.47 bits per heavy atom. The fraction of sp³-hybridized carbons (Fsp3) is 0.500. The zero-order valence-corrected chi connectivity index (χ0v) is 11.7. The molecule has 0 fully saturated rings. The molecule has 0 saturated heterocycles. The Hall–Kier alpha value is -1.62. The SMILES string of the molecule is Cc1ccc(F)cc1CN(CC/C(N)=N/O)C(C)C. The van der Waals surface area contributed by atoms with Crippen LogP contribution in [0.1, 0.15) is 31.4 Å². The maximum Gasteiger partial charge on any atom is 0.140 e. The van der Waals surface area contributed by atoms with Gasteiger partial charge in [-0.25, -0.2) is 4.39 Å². The van der Waals surface area contributed by atoms with Gasteiger partial charge in [-0.2, -0.15) is 0 Å². The molecule has 1 aromatic carbocycles. The van der Waals surface area contributed by atoms with Gasteiger partial charge >= 0.3 is 0 Å². The van der Waals surface area contributed by atoms with Crippen LogP contribution in [-0.4, -0.2) is 28.5 Å². The summed E-state index contributed by atoms with van der Waals surface area (Å²) in [5.41, 5.74) is 7.51. The molecule has 106 valence electrons. The highest BCUT2D eigenvalue weighted by Gasteiger charge is 2.12. The predicted molar refractivity (Wildman–Crippen MR) is 74.7 cm³/mol. The van der Waals surface area contributed by atoms with Crippen molar-refractivity contribution in [1.82, 2.24) is 4.90 Å². The summed E-state index contributed by atoms with van der Waals surface area (Å²) in [6, 6.07) is 5.12. The first-order valence-electron chi connectivity index (χ1n) is 6.39. The average molecular weight is 267 g/mol. The van der Waals surface area contributed by atoms with Gasteiger partial charge in [0, 0.05) is 25.6 Å². The fourth-order valence-corrected chi connectivity index (χ4v) is 1.86. The van der Waals surface area contributed by atoms with Crippen LogP contribution in [0.15, 0.2) is 23.4 Å². The van der Waals surface area contributed by atoms with E-state index in [4.69, 9.17) is 10.9 Å². The van der Waals surface area contributed by atoms with Gasteiger partial charge in [0.1, 0.15) is 11.7 Å². The summed E-state index contributed by atoms with van der Waals surface area (Å²) in [7, 11) is 0. The molecule has 0 amide bonds. The van der Waals surface area contributed by atoms with Crippen LogP contribution >= 0.6 is 0 Å². The Bertz CT molecular complexity index is 446. The minimum absolute atomic E-state index is 0.210. The first kappa shape index (κ1) is 15.4. The number of oxime groups is 1. The molecule has 5 heteroatoms. The number of halogens is 1. The van der Waals surface area contributed by atoms with Crippen LogP contribution in [-0.2, 0) is 6.54 Å². The molecule has 0 radical (unpaired) electrons. The van der Waals surface area contributed by atoms with E-state index in [-0.39, 0.29) is 11.7 Å². The van der Waals surface area contributed by atoms with Crippen molar-refractivity contribution in [1.29, 1.82) is 0 Å². The van der Waals surface area contributed by atoms with Crippen molar-refractivity contribution >= 4 is 5.84 Å². The van der Waals surface area contributed by atoms with Crippen LogP contribution < -0.4 is 5.73 Å². The molecule has 0 aromatic heterocycles. The summed E-state index contributed by atoms with van der Waals surface area (Å²) in [5.74, 6) is -0.0117. The normalized spacial score (nSPS) is 12.4. The monoisotopic (exact) mass is 267 g/mol. The fourth-order valence-electron chi connectivity index (χ4n) is 1.86. The number of hydrogen-bond donors (Lipinski definition) is 2. The molecule has 0 aliphatic rings. The molecule has 0 atom stereocenters. The Balaban J connectivity index is 2.75. The number of nitrogens with two attached hydrogens (primary N) is 1. The number of amidine groups is 1. The molecule has 0 saturated carbocycles. The van der Waals surface area contributed by atoms with E-state index in [1.54, 1.807) is 12.1 Å². The Morgan fingerprint density at radius 3 is 2.74 bits per heavy atom. The first-order chi connectivity index (χ1) is 8.93. The minimum atomic E-state index is -0.222. The van der Waals surface area contributed by atoms with Crippen molar-refractivity contribution in [3.8, 4) is 0 Å². The minimum Gasteiger partial charge on any atom is -0.409 e. The lowest BCUT2D eigenvalue weighted by molar-refractivity contribution is 0.217. The highest BCUT2D eigenvalue weighted by atomic mass is 19.1. The number of rotatable bonds is 6. The molecule has 0 aliphatic heterocycles. The maximum atomic E-state index is 13.3. The van der Waals surface area contributed by atoms with Gasteiger partial charge in [-0.15, -0.1) is 0 Å². The van der Waals surface area contributed by atoms with Crippen LogP contribution in [0, 0.1) is 12.7 Å². The highest BCUT2D eigenvalue weighted by molar-refractivity contribution is 5.79. The van der Waals surface area contributed by atoms with Gasteiger partial charge in [-0.3, -0.25) is 4.90 Å². The van der Waals surface area contributed by atoms with Crippen molar-refractivity contribution < 1.29 is 9.60 Å². The van der Waals surface area contributed by atoms with E-state index in [0.29, 0.717) is 25.6 Å². The molecule has 3 N–H and O–H groups in total. The molecule has 1 aromatic rings. The van der Waals surface area contributed by atoms with E-state index in [9.17, 15) is 4.39 Å². The van der Waals surface area contributed by atoms with Crippen LogP contribution in [0.5, 0.6) is 0 Å². The Labute approximate surface area is 113 Å². The standard InChI is InChI=1S/C14H22FN3O/c1-10(2)18(7-6-14(16)17-19)9-12-8-13(15)5-4-11(12)3/h4-5,8,10,19H,6-7,9H2,1-3H3,(H2,16,17). The lowest BCUT2D eigenvalue weighted by Gasteiger charge is -2.27. The Morgan fingerprint density at radius 2 is 2.16 bits per heavy atom. The largest absolute Gasteiger partial charge is 0.409 e. The first-order valence-corrected chi connectivity index (χ1v) is 6.39. The molecule has 0 heterocycles. The molecular weight excluding hydrogens is 245 g/mol. The molecule has 0 aliphatic carbocycles. The Kier molecular flexibility index (Phi) is 5.76. The van der Waals surface area contributed by atoms with Crippen molar-refractivity contribution in [2.75, 3.05) is 6.54 Å². The molecule has 0 bridgehead atoms. The second kappa shape index (κ2) is 7.09. The van der Waals surface area contributed by atoms with E-state index in [2.05, 4.69) is 23.9 Å². The number of benzene rings is 1. The van der Waals surface area contributed by atoms with Crippen LogP contribution in [0.25, 0.3) is 0 Å². The number of aryl methyl sites for hydroxylation is 1. The van der Waals surface area contributed by atoms with Crippen LogP contribution in [0.4, 0.5) is 4.39 Å². The van der Waals surface area contributed by atoms with Gasteiger partial charge in [0.05, 0.1) is 0 Å². The average Bonchev–Trinajstić information content (AvgIpc) is 2.37. The zero-order valence-electron chi connectivity index (χ0n) is 11.7. The van der Waals surface area contributed by atoms with Crippen molar-refractivity contribution in [2.45, 2.75) is 39.8 Å². The molecule has 0 spiro atoms. The number of nitrogens with zero attached hydrogens (tertiary/aromatic N) is 2.